The molecule has 0 bridgehead atoms. The zero-order valence-corrected chi connectivity index (χ0v) is 6.23. The number of hydrogen-bond donors (Lipinski definition) is 2. The first-order chi connectivity index (χ1) is 3.77. The van der Waals surface area contributed by atoms with Gasteiger partial charge in [0.05, 0.1) is 0 Å². The van der Waals surface area contributed by atoms with Gasteiger partial charge in [-0.25, -0.2) is 0 Å². The second kappa shape index (κ2) is 10.0. The molecular weight excluding hydrogens is 102 g/mol. The lowest BCUT2D eigenvalue weighted by Gasteiger charge is -1.98. The summed E-state index contributed by atoms with van der Waals surface area (Å²) in [7, 11) is 2.97. The highest BCUT2D eigenvalue weighted by atomic mass is 16.2. The van der Waals surface area contributed by atoms with Gasteiger partial charge in [-0.2, -0.15) is 0 Å². The average Bonchev–Trinajstić information content (AvgIpc) is 1.72. The Kier molecular flexibility index (Phi) is 13.6. The van der Waals surface area contributed by atoms with Crippen molar-refractivity contribution in [3.8, 4) is 0 Å². The molecule has 0 fully saturated rings. The van der Waals surface area contributed by atoms with E-state index in [1.165, 1.54) is 0 Å². The molecule has 0 radical (unpaired) electrons. The summed E-state index contributed by atoms with van der Waals surface area (Å²) in [6.45, 7) is 5.51. The van der Waals surface area contributed by atoms with E-state index in [1.807, 2.05) is 7.05 Å². The minimum absolute atomic E-state index is 0.787. The van der Waals surface area contributed by atoms with Crippen molar-refractivity contribution < 1.29 is 5.11 Å². The Labute approximate surface area is 51.9 Å². The summed E-state index contributed by atoms with van der Waals surface area (Å²) in [6, 6.07) is 0. The van der Waals surface area contributed by atoms with Crippen LogP contribution in [0.4, 0.5) is 0 Å². The van der Waals surface area contributed by atoms with Crippen molar-refractivity contribution in [2.24, 2.45) is 5.92 Å². The standard InChI is InChI=1S/C5H13N.CH4O/c1-5(2)4-6-3;1-2/h5-6H,4H2,1-3H3;2H,1H3. The lowest BCUT2D eigenvalue weighted by Crippen LogP contribution is -2.12. The van der Waals surface area contributed by atoms with Gasteiger partial charge in [0.1, 0.15) is 0 Å². The molecule has 0 spiro atoms. The monoisotopic (exact) mass is 119 g/mol. The highest BCUT2D eigenvalue weighted by Crippen LogP contribution is 1.83. The molecule has 0 atom stereocenters. The molecule has 0 unspecified atom stereocenters. The number of aliphatic hydroxyl groups is 1. The van der Waals surface area contributed by atoms with Gasteiger partial charge < -0.3 is 10.4 Å². The molecule has 0 saturated carbocycles. The van der Waals surface area contributed by atoms with E-state index in [9.17, 15) is 0 Å². The number of hydrogen-bond acceptors (Lipinski definition) is 2. The van der Waals surface area contributed by atoms with E-state index in [0.29, 0.717) is 0 Å². The predicted molar refractivity (Wildman–Crippen MR) is 36.9 cm³/mol. The van der Waals surface area contributed by atoms with Crippen molar-refractivity contribution >= 4 is 0 Å². The van der Waals surface area contributed by atoms with E-state index in [4.69, 9.17) is 5.11 Å². The van der Waals surface area contributed by atoms with Gasteiger partial charge in [0.25, 0.3) is 0 Å². The van der Waals surface area contributed by atoms with Crippen LogP contribution >= 0.6 is 0 Å². The molecule has 0 heterocycles. The van der Waals surface area contributed by atoms with E-state index in [2.05, 4.69) is 19.2 Å². The number of nitrogens with one attached hydrogen (secondary N) is 1. The predicted octanol–water partition coefficient (Wildman–Crippen LogP) is 0.470. The summed E-state index contributed by atoms with van der Waals surface area (Å²) in [5.41, 5.74) is 0. The van der Waals surface area contributed by atoms with E-state index >= 15 is 0 Å². The van der Waals surface area contributed by atoms with Gasteiger partial charge in [-0.3, -0.25) is 0 Å². The number of rotatable bonds is 2. The molecule has 2 nitrogen and oxygen atoms in total. The van der Waals surface area contributed by atoms with Crippen LogP contribution in [0.3, 0.4) is 0 Å². The zero-order valence-electron chi connectivity index (χ0n) is 6.23. The molecule has 2 N–H and O–H groups in total. The average molecular weight is 119 g/mol. The Morgan fingerprint density at radius 1 is 1.38 bits per heavy atom. The second-order valence-electron chi connectivity index (χ2n) is 1.95. The van der Waals surface area contributed by atoms with Crippen LogP contribution in [0.2, 0.25) is 0 Å². The normalized spacial score (nSPS) is 8.25. The quantitative estimate of drug-likeness (QED) is 0.554. The lowest BCUT2D eigenvalue weighted by atomic mass is 10.2. The maximum absolute atomic E-state index is 7.00. The van der Waals surface area contributed by atoms with Gasteiger partial charge in [-0.1, -0.05) is 13.8 Å². The lowest BCUT2D eigenvalue weighted by molar-refractivity contribution is 0.399. The molecule has 0 saturated heterocycles. The molecule has 2 heteroatoms. The third kappa shape index (κ3) is 16.8. The fourth-order valence-electron chi connectivity index (χ4n) is 0.408. The summed E-state index contributed by atoms with van der Waals surface area (Å²) in [5.74, 6) is 0.787. The Balaban J connectivity index is 0. The highest BCUT2D eigenvalue weighted by molar-refractivity contribution is 4.42. The third-order valence-corrected chi connectivity index (χ3v) is 0.612. The van der Waals surface area contributed by atoms with Crippen LogP contribution in [-0.2, 0) is 0 Å². The molecule has 0 amide bonds. The third-order valence-electron chi connectivity index (χ3n) is 0.612. The minimum Gasteiger partial charge on any atom is -0.400 e. The van der Waals surface area contributed by atoms with Crippen LogP contribution in [0.25, 0.3) is 0 Å². The molecule has 0 aromatic rings. The Morgan fingerprint density at radius 2 is 1.75 bits per heavy atom. The first kappa shape index (κ1) is 10.8. The maximum Gasteiger partial charge on any atom is 0.0319 e. The molecule has 0 aliphatic carbocycles. The Hall–Kier alpha value is -0.0800. The fraction of sp³-hybridized carbons (Fsp3) is 1.00. The summed E-state index contributed by atoms with van der Waals surface area (Å²) in [6.07, 6.45) is 0. The molecule has 0 aromatic heterocycles. The number of aliphatic hydroxyl groups excluding tert-OH is 1. The van der Waals surface area contributed by atoms with Gasteiger partial charge in [0, 0.05) is 7.11 Å². The molecule has 8 heavy (non-hydrogen) atoms. The SMILES string of the molecule is CNCC(C)C.CO. The van der Waals surface area contributed by atoms with Crippen molar-refractivity contribution in [3.05, 3.63) is 0 Å². The highest BCUT2D eigenvalue weighted by Gasteiger charge is 1.84. The van der Waals surface area contributed by atoms with E-state index < -0.39 is 0 Å². The molecule has 0 aromatic carbocycles. The van der Waals surface area contributed by atoms with Crippen molar-refractivity contribution in [2.45, 2.75) is 13.8 Å². The molecule has 52 valence electrons. The van der Waals surface area contributed by atoms with Crippen LogP contribution in [0.5, 0.6) is 0 Å². The van der Waals surface area contributed by atoms with Crippen molar-refractivity contribution in [1.82, 2.24) is 5.32 Å². The first-order valence-electron chi connectivity index (χ1n) is 2.86. The molecule has 0 aliphatic rings. The summed E-state index contributed by atoms with van der Waals surface area (Å²) < 4.78 is 0. The molecule has 0 aliphatic heterocycles. The topological polar surface area (TPSA) is 32.3 Å². The fourth-order valence-corrected chi connectivity index (χ4v) is 0.408. The first-order valence-corrected chi connectivity index (χ1v) is 2.86. The Morgan fingerprint density at radius 3 is 1.75 bits per heavy atom. The van der Waals surface area contributed by atoms with Gasteiger partial charge in [0.2, 0.25) is 0 Å². The van der Waals surface area contributed by atoms with Gasteiger partial charge in [0.15, 0.2) is 0 Å². The molecular formula is C6H17NO. The minimum atomic E-state index is 0.787. The van der Waals surface area contributed by atoms with Gasteiger partial charge in [-0.15, -0.1) is 0 Å². The van der Waals surface area contributed by atoms with Crippen LogP contribution in [0.15, 0.2) is 0 Å². The second-order valence-corrected chi connectivity index (χ2v) is 1.95. The van der Waals surface area contributed by atoms with Crippen LogP contribution in [0.1, 0.15) is 13.8 Å². The summed E-state index contributed by atoms with van der Waals surface area (Å²) in [5, 5.41) is 10.1. The van der Waals surface area contributed by atoms with E-state index in [0.717, 1.165) is 19.6 Å². The van der Waals surface area contributed by atoms with Crippen LogP contribution in [-0.4, -0.2) is 25.8 Å². The van der Waals surface area contributed by atoms with Crippen molar-refractivity contribution in [1.29, 1.82) is 0 Å². The molecule has 0 rings (SSSR count). The van der Waals surface area contributed by atoms with E-state index in [-0.39, 0.29) is 0 Å². The zero-order chi connectivity index (χ0) is 6.99. The smallest absolute Gasteiger partial charge is 0.0319 e. The van der Waals surface area contributed by atoms with Crippen LogP contribution in [0, 0.1) is 5.92 Å². The summed E-state index contributed by atoms with van der Waals surface area (Å²) in [4.78, 5) is 0. The van der Waals surface area contributed by atoms with Crippen molar-refractivity contribution in [2.75, 3.05) is 20.7 Å². The van der Waals surface area contributed by atoms with Crippen molar-refractivity contribution in [3.63, 3.8) is 0 Å². The Bertz CT molecular complexity index is 29.7. The van der Waals surface area contributed by atoms with Crippen LogP contribution < -0.4 is 5.32 Å². The van der Waals surface area contributed by atoms with E-state index in [1.54, 1.807) is 0 Å². The summed E-state index contributed by atoms with van der Waals surface area (Å²) >= 11 is 0. The van der Waals surface area contributed by atoms with Gasteiger partial charge >= 0.3 is 0 Å². The van der Waals surface area contributed by atoms with Gasteiger partial charge in [-0.05, 0) is 19.5 Å². The maximum atomic E-state index is 7.00. The largest absolute Gasteiger partial charge is 0.400 e.